The van der Waals surface area contributed by atoms with E-state index in [1.54, 1.807) is 41.4 Å². The van der Waals surface area contributed by atoms with Crippen molar-refractivity contribution in [3.05, 3.63) is 78.0 Å². The number of nitrogens with zero attached hydrogens (tertiary/aromatic N) is 2. The molecule has 158 valence electrons. The van der Waals surface area contributed by atoms with Crippen molar-refractivity contribution in [1.29, 1.82) is 0 Å². The van der Waals surface area contributed by atoms with Crippen LogP contribution in [0.2, 0.25) is 0 Å². The molecule has 0 amide bonds. The minimum atomic E-state index is -2.22. The van der Waals surface area contributed by atoms with Crippen LogP contribution in [0.5, 0.6) is 0 Å². The summed E-state index contributed by atoms with van der Waals surface area (Å²) in [5.74, 6) is -2.58. The minimum Gasteiger partial charge on any atom is -0.548 e. The van der Waals surface area contributed by atoms with Crippen molar-refractivity contribution in [3.8, 4) is 5.69 Å². The number of carboxylic acid groups (broad SMARTS) is 1. The molecule has 2 aromatic heterocycles. The van der Waals surface area contributed by atoms with Gasteiger partial charge < -0.3 is 14.5 Å². The molecule has 2 aliphatic carbocycles. The van der Waals surface area contributed by atoms with Crippen LogP contribution in [0.3, 0.4) is 0 Å². The molecule has 0 bridgehead atoms. The Morgan fingerprint density at radius 2 is 2.06 bits per heavy atom. The van der Waals surface area contributed by atoms with Crippen LogP contribution in [0.25, 0.3) is 16.6 Å². The number of rotatable bonds is 5. The molecule has 0 aliphatic heterocycles. The Bertz CT molecular complexity index is 1260. The molecule has 0 N–H and O–H groups in total. The second kappa shape index (κ2) is 8.61. The van der Waals surface area contributed by atoms with Gasteiger partial charge in [0.05, 0.1) is 23.4 Å². The summed E-state index contributed by atoms with van der Waals surface area (Å²) in [6.45, 7) is 0. The van der Waals surface area contributed by atoms with Crippen molar-refractivity contribution in [1.82, 2.24) is 9.55 Å². The van der Waals surface area contributed by atoms with Gasteiger partial charge in [-0.1, -0.05) is 29.8 Å². The average molecular weight is 481 g/mol. The maximum Gasteiger partial charge on any atom is 1.00 e. The number of alkyl halides is 1. The normalized spacial score (nSPS) is 24.8. The number of thioether (sulfide) groups is 1. The van der Waals surface area contributed by atoms with Crippen molar-refractivity contribution in [2.24, 2.45) is 5.92 Å². The number of allylic oxidation sites excluding steroid dienone is 3. The first-order chi connectivity index (χ1) is 14.9. The van der Waals surface area contributed by atoms with Crippen LogP contribution in [-0.4, -0.2) is 25.9 Å². The Morgan fingerprint density at radius 3 is 2.72 bits per heavy atom. The van der Waals surface area contributed by atoms with E-state index in [4.69, 9.17) is 11.6 Å². The van der Waals surface area contributed by atoms with E-state index in [-0.39, 0.29) is 40.1 Å². The van der Waals surface area contributed by atoms with E-state index in [9.17, 15) is 14.3 Å². The zero-order valence-corrected chi connectivity index (χ0v) is 20.7. The molecule has 2 heterocycles. The standard InChI is InChI=1S/C23H17ClF2N2O2S.Na/c24-19-7-2-10-22(26,14-8-9-14)23(19,21(29)30)31-18-13-28(15-4-3-11-27-12-15)20-16(18)5-1-6-17(20)25;/h1-7,10-14H,8-9H2,(H,29,30);/q;+1/p-1. The van der Waals surface area contributed by atoms with Gasteiger partial charge in [-0.3, -0.25) is 4.98 Å². The summed E-state index contributed by atoms with van der Waals surface area (Å²) < 4.78 is 30.6. The number of benzene rings is 1. The summed E-state index contributed by atoms with van der Waals surface area (Å²) in [6, 6.07) is 7.98. The number of aromatic nitrogens is 2. The Morgan fingerprint density at radius 1 is 1.28 bits per heavy atom. The smallest absolute Gasteiger partial charge is 0.548 e. The number of fused-ring (bicyclic) bond motifs is 1. The van der Waals surface area contributed by atoms with Crippen molar-refractivity contribution >= 4 is 40.2 Å². The number of pyridine rings is 1. The van der Waals surface area contributed by atoms with Gasteiger partial charge in [0.1, 0.15) is 10.6 Å². The van der Waals surface area contributed by atoms with E-state index < -0.39 is 28.1 Å². The first kappa shape index (κ1) is 23.5. The molecule has 0 spiro atoms. The second-order valence-corrected chi connectivity index (χ2v) is 9.36. The molecule has 2 atom stereocenters. The topological polar surface area (TPSA) is 57.9 Å². The fourth-order valence-electron chi connectivity index (χ4n) is 4.20. The molecular formula is C23H16ClF2N2NaO2S. The zero-order valence-electron chi connectivity index (χ0n) is 17.1. The average Bonchev–Trinajstić information content (AvgIpc) is 3.55. The van der Waals surface area contributed by atoms with E-state index in [0.717, 1.165) is 11.8 Å². The van der Waals surface area contributed by atoms with Gasteiger partial charge in [-0.2, -0.15) is 0 Å². The van der Waals surface area contributed by atoms with Gasteiger partial charge in [0.2, 0.25) is 0 Å². The third-order valence-electron chi connectivity index (χ3n) is 5.84. The number of carbonyl (C=O) groups excluding carboxylic acids is 1. The van der Waals surface area contributed by atoms with Gasteiger partial charge in [0.15, 0.2) is 5.67 Å². The van der Waals surface area contributed by atoms with Crippen LogP contribution >= 0.6 is 23.4 Å². The van der Waals surface area contributed by atoms with Crippen molar-refractivity contribution in [2.45, 2.75) is 28.2 Å². The molecule has 3 aromatic rings. The molecule has 0 radical (unpaired) electrons. The summed E-state index contributed by atoms with van der Waals surface area (Å²) in [6.07, 6.45) is 9.97. The third-order valence-corrected chi connectivity index (χ3v) is 7.92. The molecule has 0 saturated heterocycles. The zero-order chi connectivity index (χ0) is 21.8. The van der Waals surface area contributed by atoms with E-state index >= 15 is 4.39 Å². The molecule has 1 aromatic carbocycles. The summed E-state index contributed by atoms with van der Waals surface area (Å²) in [5, 5.41) is 12.8. The van der Waals surface area contributed by atoms with Crippen molar-refractivity contribution in [3.63, 3.8) is 0 Å². The second-order valence-electron chi connectivity index (χ2n) is 7.70. The molecule has 32 heavy (non-hydrogen) atoms. The summed E-state index contributed by atoms with van der Waals surface area (Å²) in [5.41, 5.74) is -1.39. The van der Waals surface area contributed by atoms with Crippen molar-refractivity contribution in [2.75, 3.05) is 0 Å². The van der Waals surface area contributed by atoms with E-state index in [1.807, 2.05) is 0 Å². The first-order valence-corrected chi connectivity index (χ1v) is 10.9. The molecule has 9 heteroatoms. The van der Waals surface area contributed by atoms with Gasteiger partial charge in [-0.15, -0.1) is 11.8 Å². The molecule has 1 fully saturated rings. The van der Waals surface area contributed by atoms with Gasteiger partial charge >= 0.3 is 29.6 Å². The number of para-hydroxylation sites is 1. The first-order valence-electron chi connectivity index (χ1n) is 9.73. The molecule has 2 unspecified atom stereocenters. The van der Waals surface area contributed by atoms with E-state index in [2.05, 4.69) is 4.98 Å². The third kappa shape index (κ3) is 3.46. The van der Waals surface area contributed by atoms with Gasteiger partial charge in [0, 0.05) is 27.7 Å². The Hall–Kier alpha value is -1.64. The number of carboxylic acids is 1. The maximum atomic E-state index is 16.3. The predicted molar refractivity (Wildman–Crippen MR) is 114 cm³/mol. The Kier molecular flexibility index (Phi) is 6.33. The van der Waals surface area contributed by atoms with E-state index in [1.165, 1.54) is 30.4 Å². The number of hydrogen-bond donors (Lipinski definition) is 0. The van der Waals surface area contributed by atoms with Gasteiger partial charge in [0.25, 0.3) is 0 Å². The van der Waals surface area contributed by atoms with Crippen LogP contribution in [0.1, 0.15) is 12.8 Å². The summed E-state index contributed by atoms with van der Waals surface area (Å²) >= 11 is 7.14. The van der Waals surface area contributed by atoms with Crippen LogP contribution < -0.4 is 34.7 Å². The van der Waals surface area contributed by atoms with Crippen LogP contribution in [-0.2, 0) is 4.79 Å². The quantitative estimate of drug-likeness (QED) is 0.520. The van der Waals surface area contributed by atoms with Crippen LogP contribution in [0.15, 0.2) is 77.1 Å². The molecule has 5 rings (SSSR count). The number of carbonyl (C=O) groups is 1. The van der Waals surface area contributed by atoms with Gasteiger partial charge in [-0.25, -0.2) is 8.78 Å². The van der Waals surface area contributed by atoms with Crippen molar-refractivity contribution < 1.29 is 48.2 Å². The SMILES string of the molecule is O=C([O-])C1(Sc2cn(-c3cccnc3)c3c(F)cccc23)C(Cl)=CC=CC1(F)C1CC1.[Na+]. The summed E-state index contributed by atoms with van der Waals surface area (Å²) in [7, 11) is 0. The summed E-state index contributed by atoms with van der Waals surface area (Å²) in [4.78, 5) is 17.0. The largest absolute Gasteiger partial charge is 1.00 e. The fraction of sp³-hybridized carbons (Fsp3) is 0.217. The van der Waals surface area contributed by atoms with Gasteiger partial charge in [-0.05, 0) is 49.1 Å². The monoisotopic (exact) mass is 480 g/mol. The molecule has 4 nitrogen and oxygen atoms in total. The van der Waals surface area contributed by atoms with Crippen LogP contribution in [0, 0.1) is 11.7 Å². The maximum absolute atomic E-state index is 16.3. The molecule has 1 saturated carbocycles. The number of aliphatic carboxylic acids is 1. The van der Waals surface area contributed by atoms with Crippen LogP contribution in [0.4, 0.5) is 8.78 Å². The minimum absolute atomic E-state index is 0. The van der Waals surface area contributed by atoms with E-state index in [0.29, 0.717) is 28.8 Å². The fourth-order valence-corrected chi connectivity index (χ4v) is 6.01. The predicted octanol–water partition coefficient (Wildman–Crippen LogP) is 1.56. The number of hydrogen-bond acceptors (Lipinski definition) is 4. The Labute approximate surface area is 214 Å². The Balaban J connectivity index is 0.00000245. The molecule has 2 aliphatic rings. The molecular weight excluding hydrogens is 465 g/mol. The number of halogens is 3.